The van der Waals surface area contributed by atoms with E-state index in [1.807, 2.05) is 24.3 Å². The summed E-state index contributed by atoms with van der Waals surface area (Å²) in [6.45, 7) is -0.279. The zero-order valence-corrected chi connectivity index (χ0v) is 21.4. The van der Waals surface area contributed by atoms with E-state index in [0.29, 0.717) is 17.2 Å². The minimum absolute atomic E-state index is 0.0499. The minimum Gasteiger partial charge on any atom is -0.455 e. The monoisotopic (exact) mass is 540 g/mol. The van der Waals surface area contributed by atoms with Crippen LogP contribution in [0.15, 0.2) is 108 Å². The summed E-state index contributed by atoms with van der Waals surface area (Å²) < 4.78 is 34.3. The van der Waals surface area contributed by atoms with Crippen LogP contribution in [0.4, 0.5) is 11.4 Å². The smallest absolute Gasteiger partial charge is 0.262 e. The molecule has 10 heteroatoms. The Labute approximate surface area is 226 Å². The lowest BCUT2D eigenvalue weighted by Gasteiger charge is -2.13. The molecule has 0 saturated carbocycles. The van der Waals surface area contributed by atoms with Gasteiger partial charge in [0.25, 0.3) is 15.9 Å². The van der Waals surface area contributed by atoms with Crippen molar-refractivity contribution < 1.29 is 22.7 Å². The van der Waals surface area contributed by atoms with Crippen molar-refractivity contribution in [1.29, 1.82) is 5.26 Å². The van der Waals surface area contributed by atoms with Gasteiger partial charge in [-0.3, -0.25) is 14.3 Å². The Morgan fingerprint density at radius 1 is 0.821 bits per heavy atom. The first kappa shape index (κ1) is 26.9. The summed E-state index contributed by atoms with van der Waals surface area (Å²) >= 11 is 0. The Hall–Kier alpha value is -5.14. The quantitative estimate of drug-likeness (QED) is 0.266. The summed E-state index contributed by atoms with van der Waals surface area (Å²) in [5.74, 6) is -0.0782. The molecule has 0 radical (unpaired) electrons. The molecule has 0 aliphatic heterocycles. The zero-order valence-electron chi connectivity index (χ0n) is 20.6. The zero-order chi connectivity index (χ0) is 27.7. The number of nitrogens with one attached hydrogen (secondary N) is 3. The highest BCUT2D eigenvalue weighted by Gasteiger charge is 2.18. The van der Waals surface area contributed by atoms with Crippen molar-refractivity contribution in [1.82, 2.24) is 5.32 Å². The third kappa shape index (κ3) is 7.44. The lowest BCUT2D eigenvalue weighted by molar-refractivity contribution is -0.115. The Morgan fingerprint density at radius 3 is 2.18 bits per heavy atom. The first-order chi connectivity index (χ1) is 18.8. The number of nitrogens with zero attached hydrogens (tertiary/aromatic N) is 1. The van der Waals surface area contributed by atoms with E-state index in [0.717, 1.165) is 5.56 Å². The second kappa shape index (κ2) is 12.4. The number of rotatable bonds is 10. The van der Waals surface area contributed by atoms with E-state index in [4.69, 9.17) is 10.00 Å². The Kier molecular flexibility index (Phi) is 8.56. The second-order valence-electron chi connectivity index (χ2n) is 8.30. The van der Waals surface area contributed by atoms with Crippen molar-refractivity contribution in [2.45, 2.75) is 11.3 Å². The Bertz CT molecular complexity index is 1600. The highest BCUT2D eigenvalue weighted by Crippen LogP contribution is 2.30. The number of ether oxygens (including phenoxy) is 1. The first-order valence-electron chi connectivity index (χ1n) is 11.8. The van der Waals surface area contributed by atoms with E-state index in [2.05, 4.69) is 15.4 Å². The largest absolute Gasteiger partial charge is 0.455 e. The van der Waals surface area contributed by atoms with Crippen molar-refractivity contribution in [2.75, 3.05) is 16.6 Å². The first-order valence-corrected chi connectivity index (χ1v) is 13.3. The maximum atomic E-state index is 13.0. The molecule has 3 N–H and O–H groups in total. The molecule has 0 saturated heterocycles. The Balaban J connectivity index is 1.35. The van der Waals surface area contributed by atoms with Crippen LogP contribution >= 0.6 is 0 Å². The molecule has 4 aromatic rings. The van der Waals surface area contributed by atoms with Gasteiger partial charge < -0.3 is 15.4 Å². The molecular formula is C29H24N4O5S. The molecule has 4 rings (SSSR count). The number of anilines is 2. The average Bonchev–Trinajstić information content (AvgIpc) is 2.94. The van der Waals surface area contributed by atoms with Gasteiger partial charge >= 0.3 is 0 Å². The number of sulfonamides is 1. The molecule has 0 aromatic heterocycles. The van der Waals surface area contributed by atoms with Crippen LogP contribution in [0.1, 0.15) is 15.9 Å². The van der Waals surface area contributed by atoms with Crippen LogP contribution in [0.25, 0.3) is 0 Å². The standard InChI is InChI=1S/C29H24N4O5S/c30-19-18-21-10-14-23(15-11-21)32-28(34)20-31-29(35)22-12-16-25(17-13-22)39(36,37)33-26-8-4-5-9-27(26)38-24-6-2-1-3-7-24/h1-17,33H,18,20H2,(H,31,35)(H,32,34). The van der Waals surface area contributed by atoms with E-state index in [9.17, 15) is 18.0 Å². The van der Waals surface area contributed by atoms with Gasteiger partial charge in [0, 0.05) is 11.3 Å². The molecule has 4 aromatic carbocycles. The predicted octanol–water partition coefficient (Wildman–Crippen LogP) is 4.71. The van der Waals surface area contributed by atoms with Crippen LogP contribution in [-0.4, -0.2) is 26.8 Å². The molecule has 196 valence electrons. The van der Waals surface area contributed by atoms with Gasteiger partial charge in [-0.15, -0.1) is 0 Å². The molecule has 0 atom stereocenters. The molecule has 0 spiro atoms. The summed E-state index contributed by atoms with van der Waals surface area (Å²) in [6, 6.07) is 29.8. The molecular weight excluding hydrogens is 516 g/mol. The number of carbonyl (C=O) groups is 2. The van der Waals surface area contributed by atoms with Crippen LogP contribution in [-0.2, 0) is 21.2 Å². The lowest BCUT2D eigenvalue weighted by Crippen LogP contribution is -2.32. The van der Waals surface area contributed by atoms with Crippen LogP contribution in [0.5, 0.6) is 11.5 Å². The van der Waals surface area contributed by atoms with E-state index < -0.39 is 21.8 Å². The molecule has 2 amide bonds. The maximum absolute atomic E-state index is 13.0. The van der Waals surface area contributed by atoms with Crippen LogP contribution in [0.2, 0.25) is 0 Å². The molecule has 0 unspecified atom stereocenters. The van der Waals surface area contributed by atoms with Gasteiger partial charge in [0.15, 0.2) is 5.75 Å². The second-order valence-corrected chi connectivity index (χ2v) is 9.99. The topological polar surface area (TPSA) is 137 Å². The number of hydrogen-bond acceptors (Lipinski definition) is 6. The summed E-state index contributed by atoms with van der Waals surface area (Å²) in [7, 11) is -3.98. The van der Waals surface area contributed by atoms with Crippen LogP contribution < -0.4 is 20.1 Å². The molecule has 0 bridgehead atoms. The number of amides is 2. The van der Waals surface area contributed by atoms with Gasteiger partial charge in [-0.25, -0.2) is 8.42 Å². The number of nitriles is 1. The van der Waals surface area contributed by atoms with Gasteiger partial charge in [-0.05, 0) is 66.2 Å². The van der Waals surface area contributed by atoms with E-state index >= 15 is 0 Å². The third-order valence-electron chi connectivity index (χ3n) is 5.46. The van der Waals surface area contributed by atoms with Gasteiger partial charge in [0.05, 0.1) is 29.6 Å². The molecule has 39 heavy (non-hydrogen) atoms. The number of carbonyl (C=O) groups excluding carboxylic acids is 2. The summed E-state index contributed by atoms with van der Waals surface area (Å²) in [5.41, 5.74) is 1.81. The van der Waals surface area contributed by atoms with Crippen molar-refractivity contribution in [3.63, 3.8) is 0 Å². The van der Waals surface area contributed by atoms with E-state index in [-0.39, 0.29) is 29.1 Å². The van der Waals surface area contributed by atoms with Crippen molar-refractivity contribution in [2.24, 2.45) is 0 Å². The summed E-state index contributed by atoms with van der Waals surface area (Å²) in [4.78, 5) is 24.6. The van der Waals surface area contributed by atoms with Crippen LogP contribution in [0, 0.1) is 11.3 Å². The van der Waals surface area contributed by atoms with Gasteiger partial charge in [-0.2, -0.15) is 5.26 Å². The van der Waals surface area contributed by atoms with Crippen molar-refractivity contribution in [3.05, 3.63) is 114 Å². The van der Waals surface area contributed by atoms with E-state index in [1.165, 1.54) is 24.3 Å². The molecule has 9 nitrogen and oxygen atoms in total. The highest BCUT2D eigenvalue weighted by atomic mass is 32.2. The van der Waals surface area contributed by atoms with Crippen LogP contribution in [0.3, 0.4) is 0 Å². The van der Waals surface area contributed by atoms with Crippen molar-refractivity contribution >= 4 is 33.2 Å². The molecule has 0 heterocycles. The number of hydrogen-bond donors (Lipinski definition) is 3. The number of para-hydroxylation sites is 3. The van der Waals surface area contributed by atoms with Crippen molar-refractivity contribution in [3.8, 4) is 17.6 Å². The normalized spacial score (nSPS) is 10.6. The van der Waals surface area contributed by atoms with Gasteiger partial charge in [-0.1, -0.05) is 42.5 Å². The molecule has 0 aliphatic carbocycles. The molecule has 0 aliphatic rings. The van der Waals surface area contributed by atoms with Gasteiger partial charge in [0.2, 0.25) is 5.91 Å². The fraction of sp³-hybridized carbons (Fsp3) is 0.0690. The van der Waals surface area contributed by atoms with Gasteiger partial charge in [0.1, 0.15) is 5.75 Å². The Morgan fingerprint density at radius 2 is 1.49 bits per heavy atom. The molecule has 0 fully saturated rings. The minimum atomic E-state index is -3.98. The fourth-order valence-corrected chi connectivity index (χ4v) is 4.58. The maximum Gasteiger partial charge on any atom is 0.262 e. The highest BCUT2D eigenvalue weighted by molar-refractivity contribution is 7.92. The summed E-state index contributed by atoms with van der Waals surface area (Å²) in [5, 5.41) is 13.9. The predicted molar refractivity (Wildman–Crippen MR) is 147 cm³/mol. The average molecular weight is 541 g/mol. The fourth-order valence-electron chi connectivity index (χ4n) is 3.51. The number of benzene rings is 4. The third-order valence-corrected chi connectivity index (χ3v) is 6.84. The lowest BCUT2D eigenvalue weighted by atomic mass is 10.1. The van der Waals surface area contributed by atoms with E-state index in [1.54, 1.807) is 60.7 Å². The summed E-state index contributed by atoms with van der Waals surface area (Å²) in [6.07, 6.45) is 0.274. The SMILES string of the molecule is N#CCc1ccc(NC(=O)CNC(=O)c2ccc(S(=O)(=O)Nc3ccccc3Oc3ccccc3)cc2)cc1.